The summed E-state index contributed by atoms with van der Waals surface area (Å²) < 4.78 is 0. The van der Waals surface area contributed by atoms with Gasteiger partial charge in [0.1, 0.15) is 0 Å². The van der Waals surface area contributed by atoms with E-state index in [0.717, 1.165) is 12.0 Å². The van der Waals surface area contributed by atoms with Gasteiger partial charge < -0.3 is 4.90 Å². The minimum atomic E-state index is -0.112. The third-order valence-corrected chi connectivity index (χ3v) is 4.76. The molecule has 2 atom stereocenters. The molecule has 2 rings (SSSR count). The van der Waals surface area contributed by atoms with Crippen LogP contribution in [0.1, 0.15) is 33.6 Å². The number of nitrogens with zero attached hydrogens (tertiary/aromatic N) is 1. The van der Waals surface area contributed by atoms with Crippen molar-refractivity contribution in [1.82, 2.24) is 4.90 Å². The van der Waals surface area contributed by atoms with Crippen LogP contribution in [0, 0.1) is 16.7 Å². The quantitative estimate of drug-likeness (QED) is 0.616. The number of hydrogen-bond acceptors (Lipinski definition) is 2. The first-order valence-electron chi connectivity index (χ1n) is 5.73. The van der Waals surface area contributed by atoms with Crippen LogP contribution in [0.25, 0.3) is 0 Å². The van der Waals surface area contributed by atoms with Gasteiger partial charge in [0.15, 0.2) is 5.78 Å². The van der Waals surface area contributed by atoms with Crippen molar-refractivity contribution >= 4 is 5.78 Å². The van der Waals surface area contributed by atoms with E-state index < -0.39 is 0 Å². The Kier molecular flexibility index (Phi) is 2.05. The van der Waals surface area contributed by atoms with Crippen LogP contribution in [0.5, 0.6) is 0 Å². The largest absolute Gasteiger partial charge is 0.383 e. The Labute approximate surface area is 92.3 Å². The topological polar surface area (TPSA) is 20.3 Å². The fourth-order valence-corrected chi connectivity index (χ4v) is 3.35. The molecular formula is C13H21NO. The lowest BCUT2D eigenvalue weighted by Crippen LogP contribution is -2.32. The first kappa shape index (κ1) is 10.7. The highest BCUT2D eigenvalue weighted by Crippen LogP contribution is 2.65. The second-order valence-corrected chi connectivity index (χ2v) is 6.02. The van der Waals surface area contributed by atoms with Crippen LogP contribution in [-0.2, 0) is 4.79 Å². The molecule has 2 heteroatoms. The van der Waals surface area contributed by atoms with Crippen molar-refractivity contribution in [1.29, 1.82) is 0 Å². The molecule has 2 fully saturated rings. The maximum absolute atomic E-state index is 12.3. The molecule has 2 aliphatic carbocycles. The van der Waals surface area contributed by atoms with Gasteiger partial charge in [0.25, 0.3) is 0 Å². The molecule has 0 aromatic heterocycles. The van der Waals surface area contributed by atoms with Gasteiger partial charge in [-0.2, -0.15) is 0 Å². The summed E-state index contributed by atoms with van der Waals surface area (Å²) >= 11 is 0. The van der Waals surface area contributed by atoms with E-state index in [2.05, 4.69) is 20.8 Å². The van der Waals surface area contributed by atoms with E-state index in [0.29, 0.717) is 11.7 Å². The summed E-state index contributed by atoms with van der Waals surface area (Å²) in [4.78, 5) is 14.3. The number of fused-ring (bicyclic) bond motifs is 2. The van der Waals surface area contributed by atoms with Gasteiger partial charge in [0.05, 0.1) is 0 Å². The van der Waals surface area contributed by atoms with Gasteiger partial charge in [-0.3, -0.25) is 4.79 Å². The van der Waals surface area contributed by atoms with Gasteiger partial charge >= 0.3 is 0 Å². The third kappa shape index (κ3) is 1.14. The predicted octanol–water partition coefficient (Wildman–Crippen LogP) is 2.46. The zero-order valence-corrected chi connectivity index (χ0v) is 10.4. The van der Waals surface area contributed by atoms with Crippen LogP contribution in [0.4, 0.5) is 0 Å². The highest BCUT2D eigenvalue weighted by molar-refractivity contribution is 6.04. The zero-order chi connectivity index (χ0) is 11.4. The average Bonchev–Trinajstić information content (AvgIpc) is 2.40. The highest BCUT2D eigenvalue weighted by Gasteiger charge is 2.63. The van der Waals surface area contributed by atoms with E-state index in [1.165, 1.54) is 6.42 Å². The number of carbonyl (C=O) groups excluding carboxylic acids is 1. The SMILES string of the molecule is CN(C)/C=C1/C(=O)[C@]2(C)CC[C@H]1C2(C)C. The lowest BCUT2D eigenvalue weighted by Gasteiger charge is -2.31. The fourth-order valence-electron chi connectivity index (χ4n) is 3.35. The smallest absolute Gasteiger partial charge is 0.167 e. The maximum atomic E-state index is 12.3. The molecule has 0 aromatic rings. The van der Waals surface area contributed by atoms with Gasteiger partial charge in [-0.25, -0.2) is 0 Å². The van der Waals surface area contributed by atoms with Crippen LogP contribution in [0.2, 0.25) is 0 Å². The normalized spacial score (nSPS) is 40.2. The van der Waals surface area contributed by atoms with Crippen LogP contribution in [0.15, 0.2) is 11.8 Å². The maximum Gasteiger partial charge on any atom is 0.167 e. The van der Waals surface area contributed by atoms with Crippen LogP contribution >= 0.6 is 0 Å². The Morgan fingerprint density at radius 2 is 1.93 bits per heavy atom. The molecule has 0 heterocycles. The van der Waals surface area contributed by atoms with E-state index in [1.54, 1.807) is 0 Å². The van der Waals surface area contributed by atoms with Crippen molar-refractivity contribution in [3.63, 3.8) is 0 Å². The van der Waals surface area contributed by atoms with Gasteiger partial charge in [-0.15, -0.1) is 0 Å². The summed E-state index contributed by atoms with van der Waals surface area (Å²) in [6.45, 7) is 6.64. The van der Waals surface area contributed by atoms with Gasteiger partial charge in [-0.05, 0) is 24.2 Å². The molecule has 0 aromatic carbocycles. The van der Waals surface area contributed by atoms with Crippen LogP contribution in [-0.4, -0.2) is 24.8 Å². The van der Waals surface area contributed by atoms with Crippen LogP contribution < -0.4 is 0 Å². The van der Waals surface area contributed by atoms with E-state index in [1.807, 2.05) is 25.2 Å². The van der Waals surface area contributed by atoms with E-state index >= 15 is 0 Å². The second kappa shape index (κ2) is 2.87. The van der Waals surface area contributed by atoms with Crippen molar-refractivity contribution in [3.8, 4) is 0 Å². The Balaban J connectivity index is 2.47. The van der Waals surface area contributed by atoms with Crippen molar-refractivity contribution in [2.45, 2.75) is 33.6 Å². The minimum Gasteiger partial charge on any atom is -0.383 e. The number of carbonyl (C=O) groups is 1. The molecule has 2 aliphatic rings. The molecular weight excluding hydrogens is 186 g/mol. The molecule has 0 amide bonds. The summed E-state index contributed by atoms with van der Waals surface area (Å²) in [5, 5.41) is 0. The number of hydrogen-bond donors (Lipinski definition) is 0. The number of ketones is 1. The molecule has 2 bridgehead atoms. The van der Waals surface area contributed by atoms with Crippen molar-refractivity contribution in [2.24, 2.45) is 16.7 Å². The molecule has 2 nitrogen and oxygen atoms in total. The molecule has 0 unspecified atom stereocenters. The lowest BCUT2D eigenvalue weighted by atomic mass is 9.70. The number of Topliss-reactive ketones (excluding diaryl/α,β-unsaturated/α-hetero) is 1. The molecule has 15 heavy (non-hydrogen) atoms. The fraction of sp³-hybridized carbons (Fsp3) is 0.769. The molecule has 0 aliphatic heterocycles. The Hall–Kier alpha value is -0.790. The first-order valence-corrected chi connectivity index (χ1v) is 5.73. The first-order chi connectivity index (χ1) is 6.80. The molecule has 0 saturated heterocycles. The zero-order valence-electron chi connectivity index (χ0n) is 10.4. The Morgan fingerprint density at radius 3 is 2.33 bits per heavy atom. The lowest BCUT2D eigenvalue weighted by molar-refractivity contribution is -0.125. The van der Waals surface area contributed by atoms with Crippen LogP contribution in [0.3, 0.4) is 0 Å². The third-order valence-electron chi connectivity index (χ3n) is 4.76. The summed E-state index contributed by atoms with van der Waals surface area (Å²) in [6, 6.07) is 0. The summed E-state index contributed by atoms with van der Waals surface area (Å²) in [6.07, 6.45) is 4.27. The molecule has 84 valence electrons. The Bertz CT molecular complexity index is 340. The molecule has 2 saturated carbocycles. The van der Waals surface area contributed by atoms with Gasteiger partial charge in [0, 0.05) is 31.3 Å². The number of allylic oxidation sites excluding steroid dienone is 1. The van der Waals surface area contributed by atoms with E-state index in [9.17, 15) is 4.79 Å². The molecule has 0 N–H and O–H groups in total. The second-order valence-electron chi connectivity index (χ2n) is 6.02. The monoisotopic (exact) mass is 207 g/mol. The average molecular weight is 207 g/mol. The summed E-state index contributed by atoms with van der Waals surface area (Å²) in [5.41, 5.74) is 1.09. The Morgan fingerprint density at radius 1 is 1.33 bits per heavy atom. The van der Waals surface area contributed by atoms with Crippen molar-refractivity contribution < 1.29 is 4.79 Å². The summed E-state index contributed by atoms with van der Waals surface area (Å²) in [5.74, 6) is 0.856. The van der Waals surface area contributed by atoms with Crippen molar-refractivity contribution in [2.75, 3.05) is 14.1 Å². The molecule has 0 spiro atoms. The minimum absolute atomic E-state index is 0.112. The van der Waals surface area contributed by atoms with E-state index in [-0.39, 0.29) is 10.8 Å². The van der Waals surface area contributed by atoms with Gasteiger partial charge in [-0.1, -0.05) is 20.8 Å². The van der Waals surface area contributed by atoms with Crippen molar-refractivity contribution in [3.05, 3.63) is 11.8 Å². The van der Waals surface area contributed by atoms with E-state index in [4.69, 9.17) is 0 Å². The number of rotatable bonds is 1. The summed E-state index contributed by atoms with van der Waals surface area (Å²) in [7, 11) is 3.98. The molecule has 0 radical (unpaired) electrons. The highest BCUT2D eigenvalue weighted by atomic mass is 16.1. The van der Waals surface area contributed by atoms with Gasteiger partial charge in [0.2, 0.25) is 0 Å². The standard InChI is InChI=1S/C13H21NO/c1-12(2)10-6-7-13(12,3)11(15)9(10)8-14(4)5/h8,10H,6-7H2,1-5H3/b9-8+/t10-,13+/m1/s1. The predicted molar refractivity (Wildman–Crippen MR) is 61.4 cm³/mol.